The molecule has 0 aliphatic heterocycles. The van der Waals surface area contributed by atoms with Crippen molar-refractivity contribution in [2.75, 3.05) is 5.73 Å². The van der Waals surface area contributed by atoms with E-state index in [4.69, 9.17) is 11.5 Å². The third-order valence-corrected chi connectivity index (χ3v) is 6.46. The number of nitrogens with zero attached hydrogens (tertiary/aromatic N) is 3. The fourth-order valence-electron chi connectivity index (χ4n) is 3.35. The van der Waals surface area contributed by atoms with Crippen molar-refractivity contribution in [2.45, 2.75) is 45.3 Å². The number of anilines is 1. The van der Waals surface area contributed by atoms with E-state index in [-0.39, 0.29) is 28.6 Å². The molecule has 0 aliphatic carbocycles. The second-order valence-corrected chi connectivity index (χ2v) is 9.43. The molecule has 0 saturated heterocycles. The number of primary amides is 1. The Morgan fingerprint density at radius 1 is 1.20 bits per heavy atom. The van der Waals surface area contributed by atoms with Gasteiger partial charge in [0.25, 0.3) is 11.8 Å². The molecule has 2 heterocycles. The maximum Gasteiger partial charge on any atom is 0.270 e. The summed E-state index contributed by atoms with van der Waals surface area (Å²) in [5.41, 5.74) is 11.6. The minimum atomic E-state index is -1.09. The Bertz CT molecular complexity index is 1210. The van der Waals surface area contributed by atoms with Crippen LogP contribution in [0.25, 0.3) is 0 Å². The van der Waals surface area contributed by atoms with Crippen molar-refractivity contribution in [1.29, 1.82) is 0 Å². The van der Waals surface area contributed by atoms with Gasteiger partial charge < -0.3 is 26.8 Å². The number of pyridine rings is 1. The molecule has 11 heteroatoms. The molecule has 0 radical (unpaired) electrons. The van der Waals surface area contributed by atoms with Crippen LogP contribution in [-0.2, 0) is 11.3 Å². The normalized spacial score (nSPS) is 12.1. The van der Waals surface area contributed by atoms with Crippen LogP contribution < -0.4 is 16.8 Å². The van der Waals surface area contributed by atoms with Crippen LogP contribution in [0.3, 0.4) is 0 Å². The second kappa shape index (κ2) is 10.5. The number of nitrogens with two attached hydrogens (primary N) is 2. The smallest absolute Gasteiger partial charge is 0.270 e. The van der Waals surface area contributed by atoms with E-state index in [9.17, 15) is 19.5 Å². The van der Waals surface area contributed by atoms with Gasteiger partial charge in [-0.1, -0.05) is 25.1 Å². The number of phenolic OH excluding ortho intramolecular Hbond substituents is 1. The summed E-state index contributed by atoms with van der Waals surface area (Å²) in [6, 6.07) is 8.45. The highest BCUT2D eigenvalue weighted by Crippen LogP contribution is 2.31. The molecule has 0 spiro atoms. The molecule has 3 rings (SSSR count). The van der Waals surface area contributed by atoms with E-state index in [1.807, 2.05) is 20.8 Å². The van der Waals surface area contributed by atoms with Gasteiger partial charge in [-0.25, -0.2) is 0 Å². The number of nitrogens with one attached hydrogen (secondary N) is 1. The predicted octanol–water partition coefficient (Wildman–Crippen LogP) is 2.61. The van der Waals surface area contributed by atoms with E-state index < -0.39 is 29.3 Å². The summed E-state index contributed by atoms with van der Waals surface area (Å²) in [5.74, 6) is -1.85. The van der Waals surface area contributed by atoms with E-state index in [0.29, 0.717) is 17.5 Å². The summed E-state index contributed by atoms with van der Waals surface area (Å²) in [4.78, 5) is 44.6. The number of phenols is 1. The van der Waals surface area contributed by atoms with Gasteiger partial charge in [-0.15, -0.1) is 0 Å². The first-order valence-corrected chi connectivity index (χ1v) is 11.7. The standard InChI is InChI=1S/C24H28N6O4S/c1-4-24(2,3)28-22(33)19(15-7-9-16(31)10-8-15)30(13-14-6-5-11-27-12-14)23(34)20-17(25)18(21(26)32)29-35-20/h5-12,19,31H,4,13,25H2,1-3H3,(H2,26,32)(H,28,33)/t19-/m1/s1. The first-order chi connectivity index (χ1) is 16.5. The predicted molar refractivity (Wildman–Crippen MR) is 133 cm³/mol. The Labute approximate surface area is 207 Å². The molecule has 3 aromatic rings. The molecule has 184 valence electrons. The Morgan fingerprint density at radius 2 is 1.89 bits per heavy atom. The van der Waals surface area contributed by atoms with Crippen molar-refractivity contribution in [3.05, 3.63) is 70.5 Å². The highest BCUT2D eigenvalue weighted by atomic mass is 32.1. The monoisotopic (exact) mass is 496 g/mol. The molecular weight excluding hydrogens is 468 g/mol. The van der Waals surface area contributed by atoms with Crippen molar-refractivity contribution >= 4 is 34.9 Å². The van der Waals surface area contributed by atoms with E-state index in [1.165, 1.54) is 17.0 Å². The summed E-state index contributed by atoms with van der Waals surface area (Å²) in [6.07, 6.45) is 3.85. The van der Waals surface area contributed by atoms with Gasteiger partial charge in [0.05, 0.1) is 5.69 Å². The van der Waals surface area contributed by atoms with Crippen LogP contribution in [0.15, 0.2) is 48.8 Å². The van der Waals surface area contributed by atoms with E-state index in [0.717, 1.165) is 11.5 Å². The number of rotatable bonds is 9. The molecule has 6 N–H and O–H groups in total. The fraction of sp³-hybridized carbons (Fsp3) is 0.292. The SMILES string of the molecule is CCC(C)(C)NC(=O)[C@@H](c1ccc(O)cc1)N(Cc1cccnc1)C(=O)c1snc(C(N)=O)c1N. The van der Waals surface area contributed by atoms with Crippen LogP contribution in [0.1, 0.15) is 64.5 Å². The zero-order chi connectivity index (χ0) is 25.8. The molecule has 0 bridgehead atoms. The Hall–Kier alpha value is -3.99. The summed E-state index contributed by atoms with van der Waals surface area (Å²) >= 11 is 0.742. The van der Waals surface area contributed by atoms with Crippen molar-refractivity contribution in [3.63, 3.8) is 0 Å². The van der Waals surface area contributed by atoms with Gasteiger partial charge in [-0.2, -0.15) is 4.37 Å². The van der Waals surface area contributed by atoms with Gasteiger partial charge in [0.2, 0.25) is 5.91 Å². The number of hydrogen-bond acceptors (Lipinski definition) is 8. The number of carbonyl (C=O) groups is 3. The molecule has 2 aromatic heterocycles. The highest BCUT2D eigenvalue weighted by Gasteiger charge is 2.36. The summed E-state index contributed by atoms with van der Waals surface area (Å²) in [7, 11) is 0. The average Bonchev–Trinajstić information content (AvgIpc) is 3.21. The summed E-state index contributed by atoms with van der Waals surface area (Å²) in [6.45, 7) is 5.72. The van der Waals surface area contributed by atoms with Gasteiger partial charge in [-0.3, -0.25) is 19.4 Å². The zero-order valence-electron chi connectivity index (χ0n) is 19.7. The highest BCUT2D eigenvalue weighted by molar-refractivity contribution is 7.09. The van der Waals surface area contributed by atoms with Gasteiger partial charge >= 0.3 is 0 Å². The number of aromatic nitrogens is 2. The van der Waals surface area contributed by atoms with Gasteiger partial charge in [-0.05, 0) is 61.1 Å². The topological polar surface area (TPSA) is 165 Å². The first kappa shape index (κ1) is 25.6. The first-order valence-electron chi connectivity index (χ1n) is 10.9. The number of amides is 3. The van der Waals surface area contributed by atoms with Crippen LogP contribution in [0.5, 0.6) is 5.75 Å². The lowest BCUT2D eigenvalue weighted by Gasteiger charge is -2.34. The minimum absolute atomic E-state index is 0.00554. The quantitative estimate of drug-likeness (QED) is 0.353. The van der Waals surface area contributed by atoms with Gasteiger partial charge in [0.1, 0.15) is 16.7 Å². The van der Waals surface area contributed by atoms with Crippen LogP contribution in [0.4, 0.5) is 5.69 Å². The van der Waals surface area contributed by atoms with Gasteiger partial charge in [0, 0.05) is 24.5 Å². The number of benzene rings is 1. The van der Waals surface area contributed by atoms with Crippen LogP contribution in [0.2, 0.25) is 0 Å². The molecular formula is C24H28N6O4S. The lowest BCUT2D eigenvalue weighted by Crippen LogP contribution is -2.50. The zero-order valence-corrected chi connectivity index (χ0v) is 20.5. The Kier molecular flexibility index (Phi) is 7.70. The average molecular weight is 497 g/mol. The molecule has 0 unspecified atom stereocenters. The molecule has 35 heavy (non-hydrogen) atoms. The lowest BCUT2D eigenvalue weighted by atomic mass is 9.98. The summed E-state index contributed by atoms with van der Waals surface area (Å²) in [5, 5.41) is 12.8. The Balaban J connectivity index is 2.15. The lowest BCUT2D eigenvalue weighted by molar-refractivity contribution is -0.127. The maximum absolute atomic E-state index is 13.8. The molecule has 1 atom stereocenters. The fourth-order valence-corrected chi connectivity index (χ4v) is 4.11. The van der Waals surface area contributed by atoms with Crippen LogP contribution in [0, 0.1) is 0 Å². The van der Waals surface area contributed by atoms with Gasteiger partial charge in [0.15, 0.2) is 5.69 Å². The van der Waals surface area contributed by atoms with Crippen molar-refractivity contribution in [1.82, 2.24) is 19.6 Å². The number of nitrogen functional groups attached to an aromatic ring is 1. The van der Waals surface area contributed by atoms with Crippen molar-refractivity contribution in [2.24, 2.45) is 5.73 Å². The largest absolute Gasteiger partial charge is 0.508 e. The van der Waals surface area contributed by atoms with Crippen LogP contribution in [-0.4, -0.2) is 42.6 Å². The maximum atomic E-state index is 13.8. The van der Waals surface area contributed by atoms with Crippen molar-refractivity contribution in [3.8, 4) is 5.75 Å². The van der Waals surface area contributed by atoms with Crippen molar-refractivity contribution < 1.29 is 19.5 Å². The number of aromatic hydroxyl groups is 1. The Morgan fingerprint density at radius 3 is 2.43 bits per heavy atom. The number of carbonyl (C=O) groups excluding carboxylic acids is 3. The molecule has 3 amide bonds. The minimum Gasteiger partial charge on any atom is -0.508 e. The van der Waals surface area contributed by atoms with E-state index in [1.54, 1.807) is 36.7 Å². The molecule has 1 aromatic carbocycles. The molecule has 0 aliphatic rings. The second-order valence-electron chi connectivity index (χ2n) is 8.65. The molecule has 10 nitrogen and oxygen atoms in total. The third kappa shape index (κ3) is 5.93. The molecule has 0 fully saturated rings. The number of hydrogen-bond donors (Lipinski definition) is 4. The van der Waals surface area contributed by atoms with E-state index >= 15 is 0 Å². The van der Waals surface area contributed by atoms with E-state index in [2.05, 4.69) is 14.7 Å². The van der Waals surface area contributed by atoms with Crippen LogP contribution >= 0.6 is 11.5 Å². The third-order valence-electron chi connectivity index (χ3n) is 5.61. The molecule has 0 saturated carbocycles. The summed E-state index contributed by atoms with van der Waals surface area (Å²) < 4.78 is 3.94.